The Morgan fingerprint density at radius 3 is 2.38 bits per heavy atom. The standard InChI is InChI=1S/C17H17FN2O3S/c1-13(12-23-16-6-4-15(18)5-7-16)20-24(21,22)17-8-2-14(3-9-17)10-11-19/h2-9,13,20H,10,12H2,1H3/t13-/m0/s1. The Morgan fingerprint density at radius 2 is 1.79 bits per heavy atom. The number of hydrogen-bond acceptors (Lipinski definition) is 4. The molecule has 2 rings (SSSR count). The van der Waals surface area contributed by atoms with Crippen molar-refractivity contribution in [2.24, 2.45) is 0 Å². The van der Waals surface area contributed by atoms with E-state index in [2.05, 4.69) is 4.72 Å². The van der Waals surface area contributed by atoms with Gasteiger partial charge in [0, 0.05) is 0 Å². The van der Waals surface area contributed by atoms with Gasteiger partial charge in [0.1, 0.15) is 18.2 Å². The summed E-state index contributed by atoms with van der Waals surface area (Å²) in [6, 6.07) is 13.2. The van der Waals surface area contributed by atoms with Crippen molar-refractivity contribution in [3.8, 4) is 11.8 Å². The van der Waals surface area contributed by atoms with Crippen LogP contribution in [0.4, 0.5) is 4.39 Å². The fourth-order valence-electron chi connectivity index (χ4n) is 2.00. The molecule has 0 fully saturated rings. The van der Waals surface area contributed by atoms with Gasteiger partial charge in [0.15, 0.2) is 0 Å². The molecule has 2 aromatic carbocycles. The molecule has 0 aliphatic heterocycles. The minimum atomic E-state index is -3.68. The van der Waals surface area contributed by atoms with Crippen LogP contribution in [0.2, 0.25) is 0 Å². The molecule has 0 spiro atoms. The summed E-state index contributed by atoms with van der Waals surface area (Å²) >= 11 is 0. The summed E-state index contributed by atoms with van der Waals surface area (Å²) < 4.78 is 45.3. The van der Waals surface area contributed by atoms with Crippen LogP contribution < -0.4 is 9.46 Å². The maximum atomic E-state index is 12.8. The monoisotopic (exact) mass is 348 g/mol. The minimum absolute atomic E-state index is 0.109. The molecule has 0 saturated carbocycles. The number of rotatable bonds is 7. The highest BCUT2D eigenvalue weighted by molar-refractivity contribution is 7.89. The molecule has 0 saturated heterocycles. The van der Waals surface area contributed by atoms with Gasteiger partial charge in [-0.15, -0.1) is 0 Å². The van der Waals surface area contributed by atoms with Gasteiger partial charge in [0.05, 0.1) is 23.4 Å². The van der Waals surface area contributed by atoms with Crippen LogP contribution in [0.1, 0.15) is 12.5 Å². The first-order chi connectivity index (χ1) is 11.4. The van der Waals surface area contributed by atoms with Gasteiger partial charge in [-0.05, 0) is 48.9 Å². The molecule has 0 aliphatic carbocycles. The van der Waals surface area contributed by atoms with Crippen LogP contribution in [0.3, 0.4) is 0 Å². The summed E-state index contributed by atoms with van der Waals surface area (Å²) in [6.45, 7) is 1.78. The lowest BCUT2D eigenvalue weighted by molar-refractivity contribution is 0.287. The Morgan fingerprint density at radius 1 is 1.17 bits per heavy atom. The van der Waals surface area contributed by atoms with Gasteiger partial charge < -0.3 is 4.74 Å². The largest absolute Gasteiger partial charge is 0.492 e. The zero-order chi connectivity index (χ0) is 17.6. The summed E-state index contributed by atoms with van der Waals surface area (Å²) in [7, 11) is -3.68. The topological polar surface area (TPSA) is 79.2 Å². The lowest BCUT2D eigenvalue weighted by atomic mass is 10.2. The molecule has 126 valence electrons. The first-order valence-corrected chi connectivity index (χ1v) is 8.75. The zero-order valence-corrected chi connectivity index (χ0v) is 13.9. The van der Waals surface area contributed by atoms with Gasteiger partial charge in [-0.25, -0.2) is 17.5 Å². The highest BCUT2D eigenvalue weighted by Gasteiger charge is 2.17. The Labute approximate surface area is 140 Å². The summed E-state index contributed by atoms with van der Waals surface area (Å²) in [4.78, 5) is 0.123. The Bertz CT molecular complexity index is 812. The second-order valence-electron chi connectivity index (χ2n) is 5.27. The van der Waals surface area contributed by atoms with Crippen LogP contribution in [-0.4, -0.2) is 21.1 Å². The van der Waals surface area contributed by atoms with Crippen molar-refractivity contribution in [2.75, 3.05) is 6.61 Å². The highest BCUT2D eigenvalue weighted by atomic mass is 32.2. The minimum Gasteiger partial charge on any atom is -0.492 e. The van der Waals surface area contributed by atoms with Crippen LogP contribution in [0.25, 0.3) is 0 Å². The van der Waals surface area contributed by atoms with Crippen molar-refractivity contribution in [3.63, 3.8) is 0 Å². The molecule has 24 heavy (non-hydrogen) atoms. The van der Waals surface area contributed by atoms with Crippen molar-refractivity contribution >= 4 is 10.0 Å². The summed E-state index contributed by atoms with van der Waals surface area (Å²) in [5.41, 5.74) is 0.754. The third-order valence-corrected chi connectivity index (χ3v) is 4.79. The van der Waals surface area contributed by atoms with E-state index >= 15 is 0 Å². The quantitative estimate of drug-likeness (QED) is 0.834. The van der Waals surface area contributed by atoms with E-state index in [0.29, 0.717) is 5.75 Å². The van der Waals surface area contributed by atoms with Crippen molar-refractivity contribution in [3.05, 3.63) is 59.9 Å². The Balaban J connectivity index is 1.95. The number of benzene rings is 2. The van der Waals surface area contributed by atoms with E-state index in [4.69, 9.17) is 10.00 Å². The molecule has 1 N–H and O–H groups in total. The molecule has 0 unspecified atom stereocenters. The average molecular weight is 348 g/mol. The third kappa shape index (κ3) is 5.05. The molecular formula is C17H17FN2O3S. The number of ether oxygens (including phenoxy) is 1. The van der Waals surface area contributed by atoms with Crippen LogP contribution in [0.15, 0.2) is 53.4 Å². The molecule has 0 aliphatic rings. The number of nitriles is 1. The average Bonchev–Trinajstić information content (AvgIpc) is 2.55. The van der Waals surface area contributed by atoms with Gasteiger partial charge in [-0.1, -0.05) is 12.1 Å². The predicted molar refractivity (Wildman–Crippen MR) is 87.4 cm³/mol. The lowest BCUT2D eigenvalue weighted by Gasteiger charge is -2.15. The molecule has 0 radical (unpaired) electrons. The van der Waals surface area contributed by atoms with Crippen LogP contribution in [0, 0.1) is 17.1 Å². The second kappa shape index (κ2) is 7.90. The van der Waals surface area contributed by atoms with Crippen molar-refractivity contribution < 1.29 is 17.5 Å². The maximum absolute atomic E-state index is 12.8. The van der Waals surface area contributed by atoms with E-state index in [0.717, 1.165) is 5.56 Å². The van der Waals surface area contributed by atoms with Crippen LogP contribution in [0.5, 0.6) is 5.75 Å². The molecule has 0 amide bonds. The van der Waals surface area contributed by atoms with Crippen molar-refractivity contribution in [1.82, 2.24) is 4.72 Å². The van der Waals surface area contributed by atoms with E-state index < -0.39 is 16.1 Å². The summed E-state index contributed by atoms with van der Waals surface area (Å²) in [5, 5.41) is 8.62. The SMILES string of the molecule is C[C@@H](COc1ccc(F)cc1)NS(=O)(=O)c1ccc(CC#N)cc1. The Kier molecular flexibility index (Phi) is 5.90. The van der Waals surface area contributed by atoms with E-state index in [1.165, 1.54) is 36.4 Å². The molecule has 7 heteroatoms. The molecule has 2 aromatic rings. The van der Waals surface area contributed by atoms with E-state index in [-0.39, 0.29) is 23.7 Å². The molecule has 5 nitrogen and oxygen atoms in total. The number of nitrogens with one attached hydrogen (secondary N) is 1. The van der Waals surface area contributed by atoms with Gasteiger partial charge in [0.25, 0.3) is 0 Å². The lowest BCUT2D eigenvalue weighted by Crippen LogP contribution is -2.36. The van der Waals surface area contributed by atoms with E-state index in [9.17, 15) is 12.8 Å². The van der Waals surface area contributed by atoms with E-state index in [1.54, 1.807) is 19.1 Å². The second-order valence-corrected chi connectivity index (χ2v) is 6.98. The van der Waals surface area contributed by atoms with Gasteiger partial charge in [-0.2, -0.15) is 5.26 Å². The summed E-state index contributed by atoms with van der Waals surface area (Å²) in [6.07, 6.45) is 0.232. The fourth-order valence-corrected chi connectivity index (χ4v) is 3.22. The summed E-state index contributed by atoms with van der Waals surface area (Å²) in [5.74, 6) is 0.0965. The van der Waals surface area contributed by atoms with Crippen molar-refractivity contribution in [1.29, 1.82) is 5.26 Å². The highest BCUT2D eigenvalue weighted by Crippen LogP contribution is 2.13. The smallest absolute Gasteiger partial charge is 0.240 e. The number of nitrogens with zero attached hydrogens (tertiary/aromatic N) is 1. The third-order valence-electron chi connectivity index (χ3n) is 3.19. The molecule has 0 bridgehead atoms. The molecular weight excluding hydrogens is 331 g/mol. The number of hydrogen-bond donors (Lipinski definition) is 1. The van der Waals surface area contributed by atoms with Gasteiger partial charge in [-0.3, -0.25) is 0 Å². The molecule has 0 heterocycles. The molecule has 0 aromatic heterocycles. The Hall–Kier alpha value is -2.43. The number of halogens is 1. The van der Waals surface area contributed by atoms with Crippen molar-refractivity contribution in [2.45, 2.75) is 24.3 Å². The first kappa shape index (κ1) is 17.9. The maximum Gasteiger partial charge on any atom is 0.240 e. The van der Waals surface area contributed by atoms with Crippen LogP contribution >= 0.6 is 0 Å². The van der Waals surface area contributed by atoms with Crippen LogP contribution in [-0.2, 0) is 16.4 Å². The van der Waals surface area contributed by atoms with E-state index in [1.807, 2.05) is 6.07 Å². The van der Waals surface area contributed by atoms with Gasteiger partial charge in [0.2, 0.25) is 10.0 Å². The normalized spacial score (nSPS) is 12.4. The molecule has 1 atom stereocenters. The predicted octanol–water partition coefficient (Wildman–Crippen LogP) is 2.64. The first-order valence-electron chi connectivity index (χ1n) is 7.27. The van der Waals surface area contributed by atoms with Gasteiger partial charge >= 0.3 is 0 Å². The zero-order valence-electron chi connectivity index (χ0n) is 13.1. The fraction of sp³-hybridized carbons (Fsp3) is 0.235. The number of sulfonamides is 1.